The maximum Gasteiger partial charge on any atom is 0.194 e. The number of nitrogens with zero attached hydrogens (tertiary/aromatic N) is 5. The predicted octanol–water partition coefficient (Wildman–Crippen LogP) is 1.94. The van der Waals surface area contributed by atoms with Gasteiger partial charge in [-0.15, -0.1) is 0 Å². The van der Waals surface area contributed by atoms with Gasteiger partial charge < -0.3 is 24.9 Å². The van der Waals surface area contributed by atoms with Crippen LogP contribution in [0.15, 0.2) is 29.3 Å². The van der Waals surface area contributed by atoms with Crippen LogP contribution in [0.3, 0.4) is 0 Å². The third-order valence-electron chi connectivity index (χ3n) is 5.85. The summed E-state index contributed by atoms with van der Waals surface area (Å²) in [5, 5.41) is 3.45. The van der Waals surface area contributed by atoms with Crippen LogP contribution in [0.4, 0.5) is 10.1 Å². The fraction of sp³-hybridized carbons (Fsp3) is 0.682. The van der Waals surface area contributed by atoms with Crippen LogP contribution in [-0.2, 0) is 0 Å². The molecule has 0 saturated carbocycles. The Morgan fingerprint density at radius 3 is 2.31 bits per heavy atom. The van der Waals surface area contributed by atoms with Gasteiger partial charge >= 0.3 is 0 Å². The van der Waals surface area contributed by atoms with Gasteiger partial charge in [0, 0.05) is 71.1 Å². The topological polar surface area (TPSA) is 37.4 Å². The van der Waals surface area contributed by atoms with Gasteiger partial charge in [-0.1, -0.05) is 0 Å². The van der Waals surface area contributed by atoms with Crippen LogP contribution in [0.25, 0.3) is 0 Å². The van der Waals surface area contributed by atoms with Gasteiger partial charge in [-0.05, 0) is 57.6 Å². The van der Waals surface area contributed by atoms with Crippen molar-refractivity contribution in [2.24, 2.45) is 4.99 Å². The summed E-state index contributed by atoms with van der Waals surface area (Å²) >= 11 is 0. The molecule has 1 N–H and O–H groups in total. The average molecular weight is 405 g/mol. The first-order valence-electron chi connectivity index (χ1n) is 11.1. The van der Waals surface area contributed by atoms with Crippen LogP contribution >= 0.6 is 0 Å². The Kier molecular flexibility index (Phi) is 8.55. The molecule has 2 aliphatic heterocycles. The van der Waals surface area contributed by atoms with Crippen molar-refractivity contribution < 1.29 is 4.39 Å². The van der Waals surface area contributed by atoms with Crippen molar-refractivity contribution >= 4 is 11.6 Å². The number of nitrogens with one attached hydrogen (secondary N) is 1. The molecular weight excluding hydrogens is 367 g/mol. The van der Waals surface area contributed by atoms with Crippen LogP contribution in [0.5, 0.6) is 0 Å². The SMILES string of the molecule is CCNC(=NCCCCN1CCN(C)CC1)N1CCN(c2ccc(F)cc2)CC1. The van der Waals surface area contributed by atoms with E-state index in [9.17, 15) is 4.39 Å². The third kappa shape index (κ3) is 6.85. The number of guanidine groups is 1. The van der Waals surface area contributed by atoms with E-state index in [1.807, 2.05) is 12.1 Å². The van der Waals surface area contributed by atoms with Crippen LogP contribution in [0.1, 0.15) is 19.8 Å². The molecule has 0 spiro atoms. The number of likely N-dealkylation sites (N-methyl/N-ethyl adjacent to an activating group) is 1. The Balaban J connectivity index is 1.40. The smallest absolute Gasteiger partial charge is 0.194 e. The van der Waals surface area contributed by atoms with Crippen molar-refractivity contribution in [2.75, 3.05) is 83.9 Å². The maximum atomic E-state index is 13.1. The van der Waals surface area contributed by atoms with Crippen molar-refractivity contribution in [3.63, 3.8) is 0 Å². The molecule has 7 heteroatoms. The lowest BCUT2D eigenvalue weighted by molar-refractivity contribution is 0.152. The molecule has 162 valence electrons. The van der Waals surface area contributed by atoms with Crippen molar-refractivity contribution in [1.29, 1.82) is 0 Å². The second kappa shape index (κ2) is 11.4. The van der Waals surface area contributed by atoms with E-state index >= 15 is 0 Å². The first kappa shape index (κ1) is 21.8. The summed E-state index contributed by atoms with van der Waals surface area (Å²) in [6, 6.07) is 6.81. The molecule has 2 fully saturated rings. The van der Waals surface area contributed by atoms with E-state index in [0.29, 0.717) is 0 Å². The van der Waals surface area contributed by atoms with Gasteiger partial charge in [-0.2, -0.15) is 0 Å². The van der Waals surface area contributed by atoms with Crippen molar-refractivity contribution in [2.45, 2.75) is 19.8 Å². The third-order valence-corrected chi connectivity index (χ3v) is 5.85. The zero-order chi connectivity index (χ0) is 20.5. The highest BCUT2D eigenvalue weighted by Gasteiger charge is 2.20. The van der Waals surface area contributed by atoms with E-state index in [0.717, 1.165) is 57.3 Å². The number of aliphatic imine (C=N–C) groups is 1. The molecule has 0 aliphatic carbocycles. The summed E-state index contributed by atoms with van der Waals surface area (Å²) in [5.74, 6) is 0.854. The maximum absolute atomic E-state index is 13.1. The Morgan fingerprint density at radius 1 is 0.966 bits per heavy atom. The van der Waals surface area contributed by atoms with E-state index in [1.165, 1.54) is 51.3 Å². The van der Waals surface area contributed by atoms with Gasteiger partial charge in [-0.25, -0.2) is 4.39 Å². The number of rotatable bonds is 7. The van der Waals surface area contributed by atoms with Crippen LogP contribution in [0.2, 0.25) is 0 Å². The molecule has 2 saturated heterocycles. The minimum atomic E-state index is -0.179. The molecule has 3 rings (SSSR count). The molecule has 0 aromatic heterocycles. The van der Waals surface area contributed by atoms with E-state index < -0.39 is 0 Å². The monoisotopic (exact) mass is 404 g/mol. The van der Waals surface area contributed by atoms with E-state index in [2.05, 4.69) is 38.9 Å². The normalized spacial score (nSPS) is 19.6. The summed E-state index contributed by atoms with van der Waals surface area (Å²) in [5.41, 5.74) is 1.09. The molecule has 0 bridgehead atoms. The lowest BCUT2D eigenvalue weighted by atomic mass is 10.2. The fourth-order valence-electron chi connectivity index (χ4n) is 3.96. The number of hydrogen-bond donors (Lipinski definition) is 1. The number of anilines is 1. The Labute approximate surface area is 175 Å². The molecule has 1 aromatic rings. The molecule has 29 heavy (non-hydrogen) atoms. The van der Waals surface area contributed by atoms with E-state index in [1.54, 1.807) is 0 Å². The van der Waals surface area contributed by atoms with E-state index in [-0.39, 0.29) is 5.82 Å². The highest BCUT2D eigenvalue weighted by atomic mass is 19.1. The number of hydrogen-bond acceptors (Lipinski definition) is 4. The summed E-state index contributed by atoms with van der Waals surface area (Å²) in [6.45, 7) is 13.6. The van der Waals surface area contributed by atoms with Crippen LogP contribution in [0, 0.1) is 5.82 Å². The highest BCUT2D eigenvalue weighted by molar-refractivity contribution is 5.80. The minimum absolute atomic E-state index is 0.179. The summed E-state index contributed by atoms with van der Waals surface area (Å²) in [7, 11) is 2.20. The first-order valence-corrected chi connectivity index (χ1v) is 11.1. The predicted molar refractivity (Wildman–Crippen MR) is 119 cm³/mol. The quantitative estimate of drug-likeness (QED) is 0.427. The van der Waals surface area contributed by atoms with Crippen LogP contribution in [-0.4, -0.2) is 99.7 Å². The van der Waals surface area contributed by atoms with Gasteiger partial charge in [0.1, 0.15) is 5.82 Å². The van der Waals surface area contributed by atoms with Gasteiger partial charge in [-0.3, -0.25) is 4.99 Å². The standard InChI is InChI=1S/C22H37FN6/c1-3-24-22(25-10-4-5-11-27-14-12-26(2)13-15-27)29-18-16-28(17-19-29)21-8-6-20(23)7-9-21/h6-9H,3-5,10-19H2,1-2H3,(H,24,25). The second-order valence-corrected chi connectivity index (χ2v) is 8.04. The number of piperazine rings is 2. The largest absolute Gasteiger partial charge is 0.368 e. The van der Waals surface area contributed by atoms with Crippen LogP contribution < -0.4 is 10.2 Å². The van der Waals surface area contributed by atoms with Gasteiger partial charge in [0.15, 0.2) is 5.96 Å². The lowest BCUT2D eigenvalue weighted by Gasteiger charge is -2.37. The van der Waals surface area contributed by atoms with Gasteiger partial charge in [0.2, 0.25) is 0 Å². The van der Waals surface area contributed by atoms with Crippen molar-refractivity contribution in [3.05, 3.63) is 30.1 Å². The molecular formula is C22H37FN6. The van der Waals surface area contributed by atoms with Gasteiger partial charge in [0.05, 0.1) is 0 Å². The molecule has 2 aliphatic rings. The molecule has 0 atom stereocenters. The molecule has 0 unspecified atom stereocenters. The molecule has 1 aromatic carbocycles. The number of halogens is 1. The molecule has 6 nitrogen and oxygen atoms in total. The van der Waals surface area contributed by atoms with E-state index in [4.69, 9.17) is 4.99 Å². The Bertz CT molecular complexity index is 619. The highest BCUT2D eigenvalue weighted by Crippen LogP contribution is 2.17. The van der Waals surface area contributed by atoms with Gasteiger partial charge in [0.25, 0.3) is 0 Å². The average Bonchev–Trinajstić information content (AvgIpc) is 2.75. The fourth-order valence-corrected chi connectivity index (χ4v) is 3.96. The van der Waals surface area contributed by atoms with Crippen molar-refractivity contribution in [3.8, 4) is 0 Å². The number of unbranched alkanes of at least 4 members (excludes halogenated alkanes) is 1. The Hall–Kier alpha value is -1.86. The number of benzene rings is 1. The zero-order valence-corrected chi connectivity index (χ0v) is 18.1. The zero-order valence-electron chi connectivity index (χ0n) is 18.1. The summed E-state index contributed by atoms with van der Waals surface area (Å²) < 4.78 is 13.1. The first-order chi connectivity index (χ1) is 14.2. The summed E-state index contributed by atoms with van der Waals surface area (Å²) in [6.07, 6.45) is 2.35. The lowest BCUT2D eigenvalue weighted by Crippen LogP contribution is -2.52. The Morgan fingerprint density at radius 2 is 1.66 bits per heavy atom. The second-order valence-electron chi connectivity index (χ2n) is 8.04. The summed E-state index contributed by atoms with van der Waals surface area (Å²) in [4.78, 5) is 14.5. The molecule has 0 amide bonds. The molecule has 2 heterocycles. The van der Waals surface area contributed by atoms with Crippen molar-refractivity contribution in [1.82, 2.24) is 20.0 Å². The molecule has 0 radical (unpaired) electrons. The minimum Gasteiger partial charge on any atom is -0.368 e.